The zero-order chi connectivity index (χ0) is 13.8. The number of halogens is 2. The van der Waals surface area contributed by atoms with Crippen molar-refractivity contribution in [3.8, 4) is 0 Å². The van der Waals surface area contributed by atoms with Gasteiger partial charge in [-0.2, -0.15) is 0 Å². The molecule has 1 aromatic carbocycles. The molecule has 0 bridgehead atoms. The summed E-state index contributed by atoms with van der Waals surface area (Å²) in [4.78, 5) is 17.4. The first kappa shape index (κ1) is 13.5. The molecule has 1 amide bonds. The quantitative estimate of drug-likeness (QED) is 0.808. The van der Waals surface area contributed by atoms with Gasteiger partial charge in [-0.25, -0.2) is 9.37 Å². The average molecular weight is 279 g/mol. The van der Waals surface area contributed by atoms with E-state index in [0.29, 0.717) is 11.1 Å². The number of rotatable bonds is 3. The number of hydrogen-bond donors (Lipinski definition) is 0. The zero-order valence-corrected chi connectivity index (χ0v) is 11.1. The van der Waals surface area contributed by atoms with Gasteiger partial charge in [-0.15, -0.1) is 0 Å². The van der Waals surface area contributed by atoms with Gasteiger partial charge in [0.05, 0.1) is 5.56 Å². The third-order valence-electron chi connectivity index (χ3n) is 2.70. The van der Waals surface area contributed by atoms with Gasteiger partial charge in [-0.1, -0.05) is 29.8 Å². The van der Waals surface area contributed by atoms with E-state index in [-0.39, 0.29) is 23.4 Å². The highest BCUT2D eigenvalue weighted by atomic mass is 35.5. The summed E-state index contributed by atoms with van der Waals surface area (Å²) in [5.74, 6) is -0.624. The summed E-state index contributed by atoms with van der Waals surface area (Å²) in [7, 11) is 1.60. The van der Waals surface area contributed by atoms with E-state index < -0.39 is 0 Å². The van der Waals surface area contributed by atoms with Gasteiger partial charge in [0.1, 0.15) is 11.0 Å². The van der Waals surface area contributed by atoms with E-state index >= 15 is 0 Å². The third-order valence-corrected chi connectivity index (χ3v) is 3.00. The van der Waals surface area contributed by atoms with Crippen molar-refractivity contribution in [1.29, 1.82) is 0 Å². The second kappa shape index (κ2) is 5.80. The Labute approximate surface area is 115 Å². The number of nitrogens with zero attached hydrogens (tertiary/aromatic N) is 2. The predicted octanol–water partition coefficient (Wildman–Crippen LogP) is 3.15. The molecule has 0 saturated heterocycles. The molecule has 3 nitrogen and oxygen atoms in total. The van der Waals surface area contributed by atoms with Crippen LogP contribution >= 0.6 is 11.6 Å². The lowest BCUT2D eigenvalue weighted by Gasteiger charge is -2.18. The Morgan fingerprint density at radius 2 is 2.05 bits per heavy atom. The Hall–Kier alpha value is -1.94. The Morgan fingerprint density at radius 3 is 2.74 bits per heavy atom. The fourth-order valence-corrected chi connectivity index (χ4v) is 1.91. The number of benzene rings is 1. The maximum absolute atomic E-state index is 13.5. The molecule has 98 valence electrons. The highest BCUT2D eigenvalue weighted by Gasteiger charge is 2.16. The van der Waals surface area contributed by atoms with E-state index in [9.17, 15) is 9.18 Å². The summed E-state index contributed by atoms with van der Waals surface area (Å²) in [6.07, 6.45) is 1.51. The molecule has 0 aliphatic rings. The SMILES string of the molecule is CN(Cc1ccccc1F)C(=O)c1cccnc1Cl. The van der Waals surface area contributed by atoms with Crippen molar-refractivity contribution in [1.82, 2.24) is 9.88 Å². The van der Waals surface area contributed by atoms with E-state index in [0.717, 1.165) is 0 Å². The molecule has 0 atom stereocenters. The van der Waals surface area contributed by atoms with E-state index in [2.05, 4.69) is 4.98 Å². The Morgan fingerprint density at radius 1 is 1.32 bits per heavy atom. The van der Waals surface area contributed by atoms with Crippen LogP contribution in [0.25, 0.3) is 0 Å². The molecule has 1 heterocycles. The van der Waals surface area contributed by atoms with Gasteiger partial charge < -0.3 is 4.90 Å². The molecule has 0 saturated carbocycles. The van der Waals surface area contributed by atoms with Crippen LogP contribution in [-0.4, -0.2) is 22.8 Å². The van der Waals surface area contributed by atoms with E-state index in [1.165, 1.54) is 17.2 Å². The lowest BCUT2D eigenvalue weighted by atomic mass is 10.2. The molecular formula is C14H12ClFN2O. The highest BCUT2D eigenvalue weighted by molar-refractivity contribution is 6.32. The number of carbonyl (C=O) groups excluding carboxylic acids is 1. The molecule has 0 N–H and O–H groups in total. The first-order chi connectivity index (χ1) is 9.09. The second-order valence-electron chi connectivity index (χ2n) is 4.09. The molecule has 19 heavy (non-hydrogen) atoms. The molecule has 5 heteroatoms. The van der Waals surface area contributed by atoms with Gasteiger partial charge in [-0.3, -0.25) is 4.79 Å². The van der Waals surface area contributed by atoms with Crippen molar-refractivity contribution in [3.05, 3.63) is 64.7 Å². The summed E-state index contributed by atoms with van der Waals surface area (Å²) in [6.45, 7) is 0.177. The molecule has 0 unspecified atom stereocenters. The zero-order valence-electron chi connectivity index (χ0n) is 10.3. The number of aromatic nitrogens is 1. The van der Waals surface area contributed by atoms with Crippen LogP contribution in [0.1, 0.15) is 15.9 Å². The van der Waals surface area contributed by atoms with Gasteiger partial charge in [0.2, 0.25) is 0 Å². The fraction of sp³-hybridized carbons (Fsp3) is 0.143. The largest absolute Gasteiger partial charge is 0.337 e. The summed E-state index contributed by atoms with van der Waals surface area (Å²) in [5, 5.41) is 0.146. The fourth-order valence-electron chi connectivity index (χ4n) is 1.71. The number of carbonyl (C=O) groups is 1. The number of pyridine rings is 1. The minimum atomic E-state index is -0.334. The van der Waals surface area contributed by atoms with Crippen LogP contribution in [-0.2, 0) is 6.54 Å². The lowest BCUT2D eigenvalue weighted by molar-refractivity contribution is 0.0783. The van der Waals surface area contributed by atoms with E-state index in [4.69, 9.17) is 11.6 Å². The van der Waals surface area contributed by atoms with E-state index in [1.54, 1.807) is 37.4 Å². The summed E-state index contributed by atoms with van der Waals surface area (Å²) in [6, 6.07) is 9.58. The van der Waals surface area contributed by atoms with Crippen molar-refractivity contribution in [2.75, 3.05) is 7.05 Å². The van der Waals surface area contributed by atoms with Crippen LogP contribution in [0, 0.1) is 5.82 Å². The summed E-state index contributed by atoms with van der Waals surface area (Å²) >= 11 is 5.86. The van der Waals surface area contributed by atoms with Gasteiger partial charge in [0.25, 0.3) is 5.91 Å². The molecule has 2 rings (SSSR count). The molecule has 0 radical (unpaired) electrons. The Balaban J connectivity index is 2.17. The number of hydrogen-bond acceptors (Lipinski definition) is 2. The van der Waals surface area contributed by atoms with Crippen molar-refractivity contribution in [2.24, 2.45) is 0 Å². The highest BCUT2D eigenvalue weighted by Crippen LogP contribution is 2.16. The first-order valence-electron chi connectivity index (χ1n) is 5.69. The molecule has 0 aliphatic carbocycles. The second-order valence-corrected chi connectivity index (χ2v) is 4.45. The van der Waals surface area contributed by atoms with Crippen LogP contribution in [0.4, 0.5) is 4.39 Å². The minimum Gasteiger partial charge on any atom is -0.337 e. The van der Waals surface area contributed by atoms with Gasteiger partial charge in [0, 0.05) is 25.4 Å². The monoisotopic (exact) mass is 278 g/mol. The Bertz CT molecular complexity index is 604. The number of amides is 1. The van der Waals surface area contributed by atoms with Gasteiger partial charge in [0.15, 0.2) is 0 Å². The van der Waals surface area contributed by atoms with Crippen molar-refractivity contribution in [3.63, 3.8) is 0 Å². The van der Waals surface area contributed by atoms with Crippen molar-refractivity contribution >= 4 is 17.5 Å². The van der Waals surface area contributed by atoms with Crippen molar-refractivity contribution < 1.29 is 9.18 Å². The van der Waals surface area contributed by atoms with Crippen LogP contribution in [0.2, 0.25) is 5.15 Å². The third kappa shape index (κ3) is 3.09. The molecule has 0 spiro atoms. The Kier molecular flexibility index (Phi) is 4.12. The summed E-state index contributed by atoms with van der Waals surface area (Å²) < 4.78 is 13.5. The molecular weight excluding hydrogens is 267 g/mol. The van der Waals surface area contributed by atoms with Crippen molar-refractivity contribution in [2.45, 2.75) is 6.54 Å². The van der Waals surface area contributed by atoms with Crippen LogP contribution in [0.15, 0.2) is 42.6 Å². The minimum absolute atomic E-state index is 0.146. The van der Waals surface area contributed by atoms with Crippen LogP contribution < -0.4 is 0 Å². The van der Waals surface area contributed by atoms with Gasteiger partial charge in [-0.05, 0) is 18.2 Å². The smallest absolute Gasteiger partial charge is 0.257 e. The summed E-state index contributed by atoms with van der Waals surface area (Å²) in [5.41, 5.74) is 0.765. The maximum Gasteiger partial charge on any atom is 0.257 e. The van der Waals surface area contributed by atoms with Crippen LogP contribution in [0.5, 0.6) is 0 Å². The normalized spacial score (nSPS) is 10.3. The lowest BCUT2D eigenvalue weighted by Crippen LogP contribution is -2.27. The molecule has 0 aliphatic heterocycles. The first-order valence-corrected chi connectivity index (χ1v) is 6.07. The predicted molar refractivity (Wildman–Crippen MR) is 71.4 cm³/mol. The van der Waals surface area contributed by atoms with Crippen LogP contribution in [0.3, 0.4) is 0 Å². The molecule has 0 fully saturated rings. The van der Waals surface area contributed by atoms with E-state index in [1.807, 2.05) is 0 Å². The topological polar surface area (TPSA) is 33.2 Å². The maximum atomic E-state index is 13.5. The van der Waals surface area contributed by atoms with Gasteiger partial charge >= 0.3 is 0 Å². The molecule has 1 aromatic heterocycles. The standard InChI is InChI=1S/C14H12ClFN2O/c1-18(9-10-5-2-3-7-12(10)16)14(19)11-6-4-8-17-13(11)15/h2-8H,9H2,1H3. The average Bonchev–Trinajstić information content (AvgIpc) is 2.41. The molecule has 2 aromatic rings.